The maximum Gasteiger partial charge on any atom is 0.363 e. The Bertz CT molecular complexity index is 877. The number of carbonyl (C=O) groups is 1. The van der Waals surface area contributed by atoms with Crippen molar-refractivity contribution < 1.29 is 19.0 Å². The minimum atomic E-state index is -0.569. The Morgan fingerprint density at radius 1 is 1.32 bits per heavy atom. The van der Waals surface area contributed by atoms with Crippen molar-refractivity contribution >= 4 is 29.5 Å². The van der Waals surface area contributed by atoms with Crippen LogP contribution in [-0.4, -0.2) is 30.6 Å². The summed E-state index contributed by atoms with van der Waals surface area (Å²) < 4.78 is 16.1. The van der Waals surface area contributed by atoms with E-state index in [-0.39, 0.29) is 11.6 Å². The van der Waals surface area contributed by atoms with Crippen LogP contribution in [0.3, 0.4) is 0 Å². The predicted octanol–water partition coefficient (Wildman–Crippen LogP) is 3.49. The zero-order chi connectivity index (χ0) is 17.8. The third-order valence-corrected chi connectivity index (χ3v) is 3.60. The number of aromatic nitrogens is 1. The van der Waals surface area contributed by atoms with Gasteiger partial charge < -0.3 is 14.2 Å². The number of ether oxygens (including phenoxy) is 3. The van der Waals surface area contributed by atoms with Crippen LogP contribution in [0, 0.1) is 0 Å². The van der Waals surface area contributed by atoms with Crippen LogP contribution < -0.4 is 9.47 Å². The van der Waals surface area contributed by atoms with Crippen molar-refractivity contribution in [3.8, 4) is 11.5 Å². The van der Waals surface area contributed by atoms with Gasteiger partial charge in [0.05, 0.1) is 13.7 Å². The summed E-state index contributed by atoms with van der Waals surface area (Å²) in [6.07, 6.45) is 3.10. The van der Waals surface area contributed by atoms with Gasteiger partial charge in [0.15, 0.2) is 17.2 Å². The second kappa shape index (κ2) is 7.36. The van der Waals surface area contributed by atoms with Gasteiger partial charge in [0, 0.05) is 16.8 Å². The standard InChI is InChI=1S/C18H15ClN2O4/c1-3-24-15-6-4-5-11(16(15)23-2)9-14-18(22)25-17(21-14)13-10-12(19)7-8-20-13/h4-10H,3H2,1-2H3/b14-9-. The molecule has 2 heterocycles. The first kappa shape index (κ1) is 17.0. The van der Waals surface area contributed by atoms with Crippen molar-refractivity contribution in [1.82, 2.24) is 4.98 Å². The fraction of sp³-hybridized carbons (Fsp3) is 0.167. The number of methoxy groups -OCH3 is 1. The molecule has 1 aliphatic rings. The molecule has 1 aromatic carbocycles. The fourth-order valence-corrected chi connectivity index (χ4v) is 2.48. The van der Waals surface area contributed by atoms with Crippen molar-refractivity contribution in [1.29, 1.82) is 0 Å². The smallest absolute Gasteiger partial charge is 0.363 e. The average Bonchev–Trinajstić information content (AvgIpc) is 2.96. The van der Waals surface area contributed by atoms with Crippen molar-refractivity contribution in [3.63, 3.8) is 0 Å². The number of hydrogen-bond acceptors (Lipinski definition) is 6. The van der Waals surface area contributed by atoms with E-state index in [0.717, 1.165) is 0 Å². The average molecular weight is 359 g/mol. The van der Waals surface area contributed by atoms with E-state index < -0.39 is 5.97 Å². The lowest BCUT2D eigenvalue weighted by Gasteiger charge is -2.11. The van der Waals surface area contributed by atoms with Crippen molar-refractivity contribution in [2.75, 3.05) is 13.7 Å². The van der Waals surface area contributed by atoms with Crippen LogP contribution in [-0.2, 0) is 9.53 Å². The number of pyridine rings is 1. The summed E-state index contributed by atoms with van der Waals surface area (Å²) in [6.45, 7) is 2.38. The largest absolute Gasteiger partial charge is 0.492 e. The van der Waals surface area contributed by atoms with Gasteiger partial charge in [-0.1, -0.05) is 23.7 Å². The SMILES string of the molecule is CCOc1cccc(/C=C2\N=C(c3cc(Cl)ccn3)OC2=O)c1OC. The van der Waals surface area contributed by atoms with Crippen LogP contribution in [0.15, 0.2) is 47.2 Å². The Morgan fingerprint density at radius 3 is 2.88 bits per heavy atom. The lowest BCUT2D eigenvalue weighted by Crippen LogP contribution is -2.07. The first-order valence-corrected chi connectivity index (χ1v) is 7.94. The lowest BCUT2D eigenvalue weighted by molar-refractivity contribution is -0.129. The molecule has 0 fully saturated rings. The second-order valence-electron chi connectivity index (χ2n) is 5.01. The van der Waals surface area contributed by atoms with E-state index >= 15 is 0 Å². The quantitative estimate of drug-likeness (QED) is 0.604. The van der Waals surface area contributed by atoms with Crippen LogP contribution in [0.4, 0.5) is 0 Å². The molecule has 0 saturated heterocycles. The van der Waals surface area contributed by atoms with E-state index in [9.17, 15) is 4.79 Å². The van der Waals surface area contributed by atoms with Gasteiger partial charge in [0.1, 0.15) is 5.69 Å². The molecule has 0 atom stereocenters. The van der Waals surface area contributed by atoms with Gasteiger partial charge in [-0.05, 0) is 31.2 Å². The first-order chi connectivity index (χ1) is 12.1. The normalized spacial score (nSPS) is 15.1. The molecule has 3 rings (SSSR count). The van der Waals surface area contributed by atoms with E-state index in [1.165, 1.54) is 13.3 Å². The van der Waals surface area contributed by atoms with Gasteiger partial charge in [-0.25, -0.2) is 9.79 Å². The van der Waals surface area contributed by atoms with Gasteiger partial charge in [0.2, 0.25) is 5.90 Å². The topological polar surface area (TPSA) is 70.0 Å². The Hall–Kier alpha value is -2.86. The number of para-hydroxylation sites is 1. The zero-order valence-electron chi connectivity index (χ0n) is 13.7. The van der Waals surface area contributed by atoms with Crippen LogP contribution >= 0.6 is 11.6 Å². The first-order valence-electron chi connectivity index (χ1n) is 7.56. The van der Waals surface area contributed by atoms with Crippen LogP contribution in [0.5, 0.6) is 11.5 Å². The number of rotatable bonds is 5. The molecular weight excluding hydrogens is 344 g/mol. The Labute approximate surface area is 149 Å². The third kappa shape index (κ3) is 3.64. The summed E-state index contributed by atoms with van der Waals surface area (Å²) in [5, 5.41) is 0.479. The number of carbonyl (C=O) groups excluding carboxylic acids is 1. The van der Waals surface area contributed by atoms with Crippen LogP contribution in [0.2, 0.25) is 5.02 Å². The molecule has 25 heavy (non-hydrogen) atoms. The number of nitrogens with zero attached hydrogens (tertiary/aromatic N) is 2. The number of hydrogen-bond donors (Lipinski definition) is 0. The van der Waals surface area contributed by atoms with Gasteiger partial charge in [-0.15, -0.1) is 0 Å². The summed E-state index contributed by atoms with van der Waals surface area (Å²) >= 11 is 5.93. The van der Waals surface area contributed by atoms with E-state index in [1.54, 1.807) is 30.3 Å². The highest BCUT2D eigenvalue weighted by atomic mass is 35.5. The van der Waals surface area contributed by atoms with E-state index in [0.29, 0.717) is 34.4 Å². The molecule has 6 nitrogen and oxygen atoms in total. The number of cyclic esters (lactones) is 1. The maximum atomic E-state index is 12.1. The molecule has 0 amide bonds. The molecule has 1 aliphatic heterocycles. The highest BCUT2D eigenvalue weighted by Crippen LogP contribution is 2.33. The van der Waals surface area contributed by atoms with Crippen molar-refractivity contribution in [2.24, 2.45) is 4.99 Å². The molecule has 0 N–H and O–H groups in total. The van der Waals surface area contributed by atoms with Crippen LogP contribution in [0.1, 0.15) is 18.2 Å². The Morgan fingerprint density at radius 2 is 2.16 bits per heavy atom. The fourth-order valence-electron chi connectivity index (χ4n) is 2.32. The molecule has 2 aromatic rings. The Kier molecular flexibility index (Phi) is 5.00. The molecule has 0 unspecified atom stereocenters. The van der Waals surface area contributed by atoms with Gasteiger partial charge in [-0.3, -0.25) is 4.98 Å². The highest BCUT2D eigenvalue weighted by molar-refractivity contribution is 6.31. The number of esters is 1. The molecule has 128 valence electrons. The predicted molar refractivity (Wildman–Crippen MR) is 94.0 cm³/mol. The number of aliphatic imine (C=N–C) groups is 1. The van der Waals surface area contributed by atoms with E-state index in [2.05, 4.69) is 9.98 Å². The summed E-state index contributed by atoms with van der Waals surface area (Å²) in [5.74, 6) is 0.653. The van der Waals surface area contributed by atoms with Crippen LogP contribution in [0.25, 0.3) is 6.08 Å². The summed E-state index contributed by atoms with van der Waals surface area (Å²) in [4.78, 5) is 20.4. The van der Waals surface area contributed by atoms with Crippen molar-refractivity contribution in [3.05, 3.63) is 58.5 Å². The number of benzene rings is 1. The maximum absolute atomic E-state index is 12.1. The molecule has 0 aliphatic carbocycles. The second-order valence-corrected chi connectivity index (χ2v) is 5.44. The van der Waals surface area contributed by atoms with E-state index in [4.69, 9.17) is 25.8 Å². The summed E-state index contributed by atoms with van der Waals surface area (Å²) in [5.41, 5.74) is 1.19. The molecule has 0 spiro atoms. The monoisotopic (exact) mass is 358 g/mol. The van der Waals surface area contributed by atoms with E-state index in [1.807, 2.05) is 13.0 Å². The van der Waals surface area contributed by atoms with Gasteiger partial charge >= 0.3 is 5.97 Å². The summed E-state index contributed by atoms with van der Waals surface area (Å²) in [6, 6.07) is 8.61. The lowest BCUT2D eigenvalue weighted by atomic mass is 10.1. The van der Waals surface area contributed by atoms with Crippen molar-refractivity contribution in [2.45, 2.75) is 6.92 Å². The highest BCUT2D eigenvalue weighted by Gasteiger charge is 2.25. The molecule has 0 radical (unpaired) electrons. The number of halogens is 1. The Balaban J connectivity index is 1.99. The van der Waals surface area contributed by atoms with Gasteiger partial charge in [-0.2, -0.15) is 0 Å². The molecule has 7 heteroatoms. The zero-order valence-corrected chi connectivity index (χ0v) is 14.4. The molecule has 0 bridgehead atoms. The minimum Gasteiger partial charge on any atom is -0.492 e. The molecular formula is C18H15ClN2O4. The summed E-state index contributed by atoms with van der Waals surface area (Å²) in [7, 11) is 1.54. The minimum absolute atomic E-state index is 0.110. The molecule has 1 aromatic heterocycles. The molecule has 0 saturated carbocycles. The van der Waals surface area contributed by atoms with Gasteiger partial charge in [0.25, 0.3) is 0 Å². The third-order valence-electron chi connectivity index (χ3n) is 3.37.